The molecule has 0 spiro atoms. The maximum absolute atomic E-state index is 10.8. The van der Waals surface area contributed by atoms with Crippen LogP contribution in [0.5, 0.6) is 0 Å². The Morgan fingerprint density at radius 2 is 2.33 bits per heavy atom. The highest BCUT2D eigenvalue weighted by atomic mass is 16.1. The number of aromatic nitrogens is 2. The molecule has 1 aromatic rings. The van der Waals surface area contributed by atoms with Crippen molar-refractivity contribution < 1.29 is 4.79 Å². The van der Waals surface area contributed by atoms with Gasteiger partial charge in [0, 0.05) is 13.1 Å². The SMILES string of the molecule is C[C@@H]1CCN(c2cnc(C(N)=O)cn2)C1. The van der Waals surface area contributed by atoms with Crippen LogP contribution in [0, 0.1) is 5.92 Å². The molecule has 1 aliphatic heterocycles. The predicted molar refractivity (Wildman–Crippen MR) is 56.5 cm³/mol. The van der Waals surface area contributed by atoms with Crippen LogP contribution >= 0.6 is 0 Å². The molecule has 2 heterocycles. The largest absolute Gasteiger partial charge is 0.364 e. The number of nitrogens with two attached hydrogens (primary N) is 1. The number of anilines is 1. The van der Waals surface area contributed by atoms with E-state index in [1.807, 2.05) is 0 Å². The third-order valence-corrected chi connectivity index (χ3v) is 2.64. The van der Waals surface area contributed by atoms with E-state index < -0.39 is 5.91 Å². The second kappa shape index (κ2) is 3.84. The highest BCUT2D eigenvalue weighted by Gasteiger charge is 2.20. The fourth-order valence-corrected chi connectivity index (χ4v) is 1.75. The van der Waals surface area contributed by atoms with Gasteiger partial charge in [0.05, 0.1) is 12.4 Å². The van der Waals surface area contributed by atoms with Crippen molar-refractivity contribution in [2.45, 2.75) is 13.3 Å². The van der Waals surface area contributed by atoms with Crippen LogP contribution in [-0.2, 0) is 0 Å². The zero-order valence-corrected chi connectivity index (χ0v) is 8.68. The monoisotopic (exact) mass is 206 g/mol. The number of carbonyl (C=O) groups is 1. The molecule has 1 aromatic heterocycles. The first kappa shape index (κ1) is 9.89. The summed E-state index contributed by atoms with van der Waals surface area (Å²) in [5.74, 6) is 0.982. The molecular formula is C10H14N4O. The van der Waals surface area contributed by atoms with E-state index in [4.69, 9.17) is 5.73 Å². The second-order valence-electron chi connectivity index (χ2n) is 3.96. The van der Waals surface area contributed by atoms with Gasteiger partial charge in [0.15, 0.2) is 0 Å². The first-order valence-corrected chi connectivity index (χ1v) is 5.03. The molecule has 15 heavy (non-hydrogen) atoms. The van der Waals surface area contributed by atoms with Crippen molar-refractivity contribution in [3.63, 3.8) is 0 Å². The van der Waals surface area contributed by atoms with Crippen LogP contribution in [0.2, 0.25) is 0 Å². The number of hydrogen-bond acceptors (Lipinski definition) is 4. The lowest BCUT2D eigenvalue weighted by molar-refractivity contribution is 0.0995. The lowest BCUT2D eigenvalue weighted by atomic mass is 10.2. The van der Waals surface area contributed by atoms with Gasteiger partial charge in [-0.25, -0.2) is 9.97 Å². The summed E-state index contributed by atoms with van der Waals surface area (Å²) in [5, 5.41) is 0. The van der Waals surface area contributed by atoms with Crippen LogP contribution in [0.25, 0.3) is 0 Å². The van der Waals surface area contributed by atoms with Gasteiger partial charge >= 0.3 is 0 Å². The molecule has 1 atom stereocenters. The highest BCUT2D eigenvalue weighted by Crippen LogP contribution is 2.20. The van der Waals surface area contributed by atoms with Gasteiger partial charge in [-0.3, -0.25) is 4.79 Å². The molecule has 2 N–H and O–H groups in total. The first-order valence-electron chi connectivity index (χ1n) is 5.03. The zero-order valence-electron chi connectivity index (χ0n) is 8.68. The molecule has 0 aromatic carbocycles. The Labute approximate surface area is 88.3 Å². The summed E-state index contributed by atoms with van der Waals surface area (Å²) in [4.78, 5) is 21.1. The molecule has 1 amide bonds. The summed E-state index contributed by atoms with van der Waals surface area (Å²) in [6, 6.07) is 0. The van der Waals surface area contributed by atoms with E-state index >= 15 is 0 Å². The van der Waals surface area contributed by atoms with Gasteiger partial charge in [-0.2, -0.15) is 0 Å². The van der Waals surface area contributed by atoms with Crippen LogP contribution in [0.1, 0.15) is 23.8 Å². The van der Waals surface area contributed by atoms with E-state index in [-0.39, 0.29) is 5.69 Å². The van der Waals surface area contributed by atoms with Gasteiger partial charge in [-0.05, 0) is 12.3 Å². The summed E-state index contributed by atoms with van der Waals surface area (Å²) in [6.45, 7) is 4.22. The van der Waals surface area contributed by atoms with Crippen molar-refractivity contribution in [2.24, 2.45) is 11.7 Å². The molecule has 80 valence electrons. The topological polar surface area (TPSA) is 72.1 Å². The molecule has 1 aliphatic rings. The number of nitrogens with zero attached hydrogens (tertiary/aromatic N) is 3. The van der Waals surface area contributed by atoms with Crippen LogP contribution in [0.4, 0.5) is 5.82 Å². The van der Waals surface area contributed by atoms with Crippen molar-refractivity contribution >= 4 is 11.7 Å². The van der Waals surface area contributed by atoms with Gasteiger partial charge in [-0.15, -0.1) is 0 Å². The Hall–Kier alpha value is -1.65. The zero-order chi connectivity index (χ0) is 10.8. The summed E-state index contributed by atoms with van der Waals surface area (Å²) >= 11 is 0. The van der Waals surface area contributed by atoms with Gasteiger partial charge in [0.1, 0.15) is 11.5 Å². The fraction of sp³-hybridized carbons (Fsp3) is 0.500. The summed E-state index contributed by atoms with van der Waals surface area (Å²) in [5.41, 5.74) is 5.30. The van der Waals surface area contributed by atoms with Crippen molar-refractivity contribution in [1.29, 1.82) is 0 Å². The number of rotatable bonds is 2. The molecule has 5 heteroatoms. The normalized spacial score (nSPS) is 20.6. The predicted octanol–water partition coefficient (Wildman–Crippen LogP) is 0.422. The van der Waals surface area contributed by atoms with Crippen molar-refractivity contribution in [1.82, 2.24) is 9.97 Å². The maximum atomic E-state index is 10.8. The lowest BCUT2D eigenvalue weighted by Crippen LogP contribution is -2.21. The molecule has 0 bridgehead atoms. The van der Waals surface area contributed by atoms with Crippen molar-refractivity contribution in [3.05, 3.63) is 18.1 Å². The standard InChI is InChI=1S/C10H14N4O/c1-7-2-3-14(6-7)9-5-12-8(4-13-9)10(11)15/h4-5,7H,2-3,6H2,1H3,(H2,11,15)/t7-/m1/s1. The smallest absolute Gasteiger partial charge is 0.268 e. The third-order valence-electron chi connectivity index (χ3n) is 2.64. The third kappa shape index (κ3) is 2.06. The lowest BCUT2D eigenvalue weighted by Gasteiger charge is -2.15. The Bertz CT molecular complexity index is 362. The van der Waals surface area contributed by atoms with E-state index in [0.717, 1.165) is 18.9 Å². The molecule has 0 aliphatic carbocycles. The van der Waals surface area contributed by atoms with E-state index in [1.165, 1.54) is 12.6 Å². The van der Waals surface area contributed by atoms with Gasteiger partial charge in [0.25, 0.3) is 5.91 Å². The van der Waals surface area contributed by atoms with E-state index in [1.54, 1.807) is 6.20 Å². The van der Waals surface area contributed by atoms with Crippen LogP contribution < -0.4 is 10.6 Å². The number of carbonyl (C=O) groups excluding carboxylic acids is 1. The van der Waals surface area contributed by atoms with Crippen molar-refractivity contribution in [2.75, 3.05) is 18.0 Å². The Balaban J connectivity index is 2.13. The molecule has 1 saturated heterocycles. The van der Waals surface area contributed by atoms with E-state index in [9.17, 15) is 4.79 Å². The number of amides is 1. The first-order chi connectivity index (χ1) is 7.16. The summed E-state index contributed by atoms with van der Waals surface area (Å²) in [7, 11) is 0. The number of primary amides is 1. The maximum Gasteiger partial charge on any atom is 0.268 e. The van der Waals surface area contributed by atoms with Crippen LogP contribution in [-0.4, -0.2) is 29.0 Å². The van der Waals surface area contributed by atoms with Gasteiger partial charge in [-0.1, -0.05) is 6.92 Å². The quantitative estimate of drug-likeness (QED) is 0.761. The molecule has 2 rings (SSSR count). The average Bonchev–Trinajstić information content (AvgIpc) is 2.65. The molecule has 1 fully saturated rings. The van der Waals surface area contributed by atoms with Gasteiger partial charge < -0.3 is 10.6 Å². The average molecular weight is 206 g/mol. The highest BCUT2D eigenvalue weighted by molar-refractivity contribution is 5.90. The fourth-order valence-electron chi connectivity index (χ4n) is 1.75. The molecule has 0 radical (unpaired) electrons. The Morgan fingerprint density at radius 3 is 2.80 bits per heavy atom. The molecule has 0 unspecified atom stereocenters. The second-order valence-corrected chi connectivity index (χ2v) is 3.96. The number of hydrogen-bond donors (Lipinski definition) is 1. The summed E-state index contributed by atoms with van der Waals surface area (Å²) < 4.78 is 0. The Kier molecular flexibility index (Phi) is 2.53. The molecule has 0 saturated carbocycles. The molecule has 5 nitrogen and oxygen atoms in total. The minimum Gasteiger partial charge on any atom is -0.364 e. The van der Waals surface area contributed by atoms with Crippen molar-refractivity contribution in [3.8, 4) is 0 Å². The Morgan fingerprint density at radius 1 is 1.53 bits per heavy atom. The van der Waals surface area contributed by atoms with Crippen LogP contribution in [0.15, 0.2) is 12.4 Å². The van der Waals surface area contributed by atoms with Crippen LogP contribution in [0.3, 0.4) is 0 Å². The summed E-state index contributed by atoms with van der Waals surface area (Å²) in [6.07, 6.45) is 4.22. The van der Waals surface area contributed by atoms with E-state index in [2.05, 4.69) is 21.8 Å². The minimum absolute atomic E-state index is 0.214. The van der Waals surface area contributed by atoms with Gasteiger partial charge in [0.2, 0.25) is 0 Å². The van der Waals surface area contributed by atoms with E-state index in [0.29, 0.717) is 5.92 Å². The minimum atomic E-state index is -0.538. The molecular weight excluding hydrogens is 192 g/mol.